The molecule has 0 aliphatic carbocycles. The fourth-order valence-corrected chi connectivity index (χ4v) is 5.13. The minimum absolute atomic E-state index is 0.321. The molecular weight excluding hydrogens is 349 g/mol. The second kappa shape index (κ2) is 5.97. The average molecular weight is 379 g/mol. The van der Waals surface area contributed by atoms with E-state index in [2.05, 4.69) is 94.4 Å². The van der Waals surface area contributed by atoms with Crippen molar-refractivity contribution in [2.24, 2.45) is 0 Å². The number of nitrogens with zero attached hydrogens (tertiary/aromatic N) is 1. The van der Waals surface area contributed by atoms with Gasteiger partial charge in [0.15, 0.2) is 0 Å². The number of para-hydroxylation sites is 1. The predicted molar refractivity (Wildman–Crippen MR) is 119 cm³/mol. The number of hydrogen-bond acceptors (Lipinski definition) is 2. The second-order valence-corrected chi connectivity index (χ2v) is 15.5. The smallest absolute Gasteiger partial charge is 0.399 e. The molecule has 3 aromatic rings. The minimum Gasteiger partial charge on any atom is -0.399 e. The van der Waals surface area contributed by atoms with Crippen LogP contribution in [-0.4, -0.2) is 31.0 Å². The summed E-state index contributed by atoms with van der Waals surface area (Å²) in [7, 11) is -1.58. The lowest BCUT2D eigenvalue weighted by molar-refractivity contribution is 0.00578. The van der Waals surface area contributed by atoms with Crippen molar-refractivity contribution < 1.29 is 9.31 Å². The summed E-state index contributed by atoms with van der Waals surface area (Å²) in [4.78, 5) is 0. The van der Waals surface area contributed by atoms with Gasteiger partial charge in [-0.2, -0.15) is 0 Å². The lowest BCUT2D eigenvalue weighted by Crippen LogP contribution is -2.41. The van der Waals surface area contributed by atoms with Crippen molar-refractivity contribution in [3.63, 3.8) is 0 Å². The Morgan fingerprint density at radius 3 is 2.07 bits per heavy atom. The van der Waals surface area contributed by atoms with Crippen molar-refractivity contribution in [3.8, 4) is 0 Å². The monoisotopic (exact) mass is 379 g/mol. The van der Waals surface area contributed by atoms with Gasteiger partial charge in [0, 0.05) is 28.0 Å². The molecule has 0 atom stereocenters. The van der Waals surface area contributed by atoms with E-state index in [0.29, 0.717) is 0 Å². The summed E-state index contributed by atoms with van der Waals surface area (Å²) in [6.07, 6.45) is 1.12. The molecule has 1 aromatic heterocycles. The molecule has 1 aliphatic rings. The zero-order valence-corrected chi connectivity index (χ0v) is 18.6. The lowest BCUT2D eigenvalue weighted by atomic mass is 9.78. The Morgan fingerprint density at radius 1 is 0.852 bits per heavy atom. The van der Waals surface area contributed by atoms with Gasteiger partial charge in [0.25, 0.3) is 0 Å². The van der Waals surface area contributed by atoms with Crippen LogP contribution in [0.3, 0.4) is 0 Å². The first-order chi connectivity index (χ1) is 12.5. The van der Waals surface area contributed by atoms with Gasteiger partial charge in [0.1, 0.15) is 0 Å². The van der Waals surface area contributed by atoms with E-state index in [1.165, 1.54) is 21.8 Å². The molecule has 2 heterocycles. The van der Waals surface area contributed by atoms with Crippen molar-refractivity contribution in [1.29, 1.82) is 0 Å². The van der Waals surface area contributed by atoms with E-state index >= 15 is 0 Å². The molecule has 0 bridgehead atoms. The highest BCUT2D eigenvalue weighted by Gasteiger charge is 2.51. The van der Waals surface area contributed by atoms with E-state index in [9.17, 15) is 0 Å². The zero-order chi connectivity index (χ0) is 19.6. The molecule has 0 amide bonds. The Labute approximate surface area is 163 Å². The highest BCUT2D eigenvalue weighted by molar-refractivity contribution is 6.75. The molecule has 2 aromatic carbocycles. The van der Waals surface area contributed by atoms with Gasteiger partial charge in [-0.05, 0) is 45.3 Å². The number of aromatic nitrogens is 1. The molecule has 0 saturated carbocycles. The molecule has 27 heavy (non-hydrogen) atoms. The van der Waals surface area contributed by atoms with Gasteiger partial charge in [-0.15, -0.1) is 0 Å². The largest absolute Gasteiger partial charge is 0.494 e. The normalized spacial score (nSPS) is 19.3. The van der Waals surface area contributed by atoms with Crippen LogP contribution < -0.4 is 5.46 Å². The van der Waals surface area contributed by atoms with Crippen LogP contribution in [0.15, 0.2) is 42.5 Å². The van der Waals surface area contributed by atoms with E-state index in [4.69, 9.17) is 9.31 Å². The summed E-state index contributed by atoms with van der Waals surface area (Å²) in [5.41, 5.74) is 3.08. The summed E-state index contributed by atoms with van der Waals surface area (Å²) in [5, 5.41) is 2.60. The number of hydrogen-bond donors (Lipinski definition) is 0. The molecule has 3 nitrogen and oxygen atoms in total. The molecule has 142 valence electrons. The molecular formula is C22H30BNO2Si. The van der Waals surface area contributed by atoms with Crippen LogP contribution in [0.2, 0.25) is 19.6 Å². The van der Waals surface area contributed by atoms with Gasteiger partial charge >= 0.3 is 7.12 Å². The van der Waals surface area contributed by atoms with Crippen molar-refractivity contribution in [1.82, 2.24) is 4.57 Å². The highest BCUT2D eigenvalue weighted by Crippen LogP contribution is 2.37. The SMILES string of the molecule is CC1(C)OB(c2ccc3c(c2)c2ccccc2n3C[Si](C)(C)C)OC1(C)C. The number of fused-ring (bicyclic) bond motifs is 3. The number of benzene rings is 2. The van der Waals surface area contributed by atoms with Crippen molar-refractivity contribution in [2.45, 2.75) is 64.7 Å². The molecule has 1 fully saturated rings. The van der Waals surface area contributed by atoms with E-state index in [-0.39, 0.29) is 18.3 Å². The summed E-state index contributed by atoms with van der Waals surface area (Å²) >= 11 is 0. The maximum atomic E-state index is 6.28. The Morgan fingerprint density at radius 2 is 1.44 bits per heavy atom. The molecule has 0 radical (unpaired) electrons. The van der Waals surface area contributed by atoms with Crippen LogP contribution in [-0.2, 0) is 15.5 Å². The minimum atomic E-state index is -1.26. The van der Waals surface area contributed by atoms with E-state index in [1.807, 2.05) is 0 Å². The van der Waals surface area contributed by atoms with Crippen molar-refractivity contribution in [2.75, 3.05) is 0 Å². The van der Waals surface area contributed by atoms with Gasteiger partial charge in [-0.1, -0.05) is 50.0 Å². The third kappa shape index (κ3) is 3.16. The fourth-order valence-electron chi connectivity index (χ4n) is 3.84. The second-order valence-electron chi connectivity index (χ2n) is 10.0. The van der Waals surface area contributed by atoms with Crippen molar-refractivity contribution >= 4 is 42.5 Å². The molecule has 0 spiro atoms. The third-order valence-electron chi connectivity index (χ3n) is 5.95. The Kier molecular flexibility index (Phi) is 4.15. The van der Waals surface area contributed by atoms with Crippen molar-refractivity contribution in [3.05, 3.63) is 42.5 Å². The first-order valence-electron chi connectivity index (χ1n) is 9.85. The van der Waals surface area contributed by atoms with Crippen LogP contribution in [0.5, 0.6) is 0 Å². The number of rotatable bonds is 3. The topological polar surface area (TPSA) is 23.4 Å². The Bertz CT molecular complexity index is 1000. The van der Waals surface area contributed by atoms with Gasteiger partial charge < -0.3 is 13.9 Å². The van der Waals surface area contributed by atoms with E-state index < -0.39 is 8.07 Å². The van der Waals surface area contributed by atoms with Crippen LogP contribution in [0.25, 0.3) is 21.8 Å². The maximum absolute atomic E-state index is 6.28. The maximum Gasteiger partial charge on any atom is 0.494 e. The molecule has 4 rings (SSSR count). The van der Waals surface area contributed by atoms with Crippen LogP contribution in [0.4, 0.5) is 0 Å². The van der Waals surface area contributed by atoms with Crippen LogP contribution >= 0.6 is 0 Å². The molecule has 5 heteroatoms. The van der Waals surface area contributed by atoms with Gasteiger partial charge in [-0.25, -0.2) is 0 Å². The molecule has 1 aliphatic heterocycles. The van der Waals surface area contributed by atoms with E-state index in [0.717, 1.165) is 11.6 Å². The summed E-state index contributed by atoms with van der Waals surface area (Å²) in [5.74, 6) is 0. The van der Waals surface area contributed by atoms with Gasteiger partial charge in [-0.3, -0.25) is 0 Å². The van der Waals surface area contributed by atoms with Gasteiger partial charge in [0.05, 0.1) is 19.3 Å². The van der Waals surface area contributed by atoms with E-state index in [1.54, 1.807) is 0 Å². The van der Waals surface area contributed by atoms with Crippen LogP contribution in [0, 0.1) is 0 Å². The first kappa shape index (κ1) is 18.8. The molecule has 0 N–H and O–H groups in total. The standard InChI is InChI=1S/C22H30BNO2Si/c1-21(2)22(3,4)26-23(25-21)16-12-13-20-18(14-16)17-10-8-9-11-19(17)24(20)15-27(5,6)7/h8-14H,15H2,1-7H3. The average Bonchev–Trinajstić information content (AvgIpc) is 2.97. The summed E-state index contributed by atoms with van der Waals surface area (Å²) in [6, 6.07) is 15.4. The molecule has 1 saturated heterocycles. The Hall–Kier alpha value is -1.56. The predicted octanol–water partition coefficient (Wildman–Crippen LogP) is 4.97. The Balaban J connectivity index is 1.85. The summed E-state index contributed by atoms with van der Waals surface area (Å²) in [6.45, 7) is 15.7. The molecule has 0 unspecified atom stereocenters. The highest BCUT2D eigenvalue weighted by atomic mass is 28.3. The zero-order valence-electron chi connectivity index (χ0n) is 17.6. The first-order valence-corrected chi connectivity index (χ1v) is 13.6. The fraction of sp³-hybridized carbons (Fsp3) is 0.455. The van der Waals surface area contributed by atoms with Gasteiger partial charge in [0.2, 0.25) is 0 Å². The van der Waals surface area contributed by atoms with Crippen LogP contribution in [0.1, 0.15) is 27.7 Å². The lowest BCUT2D eigenvalue weighted by Gasteiger charge is -2.32. The third-order valence-corrected chi connectivity index (χ3v) is 7.22. The quantitative estimate of drug-likeness (QED) is 0.600. The summed E-state index contributed by atoms with van der Waals surface area (Å²) < 4.78 is 15.1.